The van der Waals surface area contributed by atoms with E-state index < -0.39 is 6.36 Å². The molecule has 74 valence electrons. The number of hydrogen-bond acceptors (Lipinski definition) is 1. The number of ether oxygens (including phenoxy) is 1. The number of hydrogen-bond donors (Lipinski definition) is 0. The molecule has 0 fully saturated rings. The van der Waals surface area contributed by atoms with Crippen LogP contribution in [0.2, 0.25) is 0 Å². The zero-order chi connectivity index (χ0) is 10.6. The largest absolute Gasteiger partial charge is 0.573 e. The van der Waals surface area contributed by atoms with Gasteiger partial charge in [0.2, 0.25) is 0 Å². The topological polar surface area (TPSA) is 9.23 Å². The molecule has 14 heavy (non-hydrogen) atoms. The summed E-state index contributed by atoms with van der Waals surface area (Å²) in [4.78, 5) is 0. The molecule has 0 bridgehead atoms. The van der Waals surface area contributed by atoms with E-state index in [2.05, 4.69) is 14.6 Å². The summed E-state index contributed by atoms with van der Waals surface area (Å²) in [5.41, 5.74) is 0.647. The van der Waals surface area contributed by atoms with Crippen LogP contribution in [0.25, 0.3) is 0 Å². The third-order valence-corrected chi connectivity index (χ3v) is 1.55. The van der Waals surface area contributed by atoms with Crippen LogP contribution in [0.3, 0.4) is 0 Å². The van der Waals surface area contributed by atoms with Crippen LogP contribution in [0.4, 0.5) is 13.2 Å². The second-order valence-electron chi connectivity index (χ2n) is 2.29. The fraction of sp³-hybridized carbons (Fsp3) is 0.111. The monoisotopic (exact) mass is 312 g/mol. The van der Waals surface area contributed by atoms with Gasteiger partial charge in [-0.1, -0.05) is 5.92 Å². The van der Waals surface area contributed by atoms with Crippen molar-refractivity contribution in [1.82, 2.24) is 0 Å². The van der Waals surface area contributed by atoms with Crippen LogP contribution in [-0.2, 0) is 0 Å². The predicted molar refractivity (Wildman–Crippen MR) is 54.0 cm³/mol. The van der Waals surface area contributed by atoms with Crippen LogP contribution in [0.1, 0.15) is 5.56 Å². The molecular formula is C9H4F3IO. The Balaban J connectivity index is 2.77. The lowest BCUT2D eigenvalue weighted by Crippen LogP contribution is -2.16. The number of alkyl halides is 3. The summed E-state index contributed by atoms with van der Waals surface area (Å²) in [6.07, 6.45) is -4.64. The maximum absolute atomic E-state index is 11.7. The van der Waals surface area contributed by atoms with Gasteiger partial charge in [-0.25, -0.2) is 0 Å². The highest BCUT2D eigenvalue weighted by atomic mass is 127. The van der Waals surface area contributed by atoms with Crippen molar-refractivity contribution in [2.45, 2.75) is 6.36 Å². The smallest absolute Gasteiger partial charge is 0.406 e. The van der Waals surface area contributed by atoms with Crippen LogP contribution in [0.15, 0.2) is 24.3 Å². The van der Waals surface area contributed by atoms with E-state index in [0.717, 1.165) is 0 Å². The molecule has 0 aliphatic heterocycles. The lowest BCUT2D eigenvalue weighted by Gasteiger charge is -2.07. The Morgan fingerprint density at radius 3 is 2.14 bits per heavy atom. The maximum Gasteiger partial charge on any atom is 0.573 e. The van der Waals surface area contributed by atoms with Gasteiger partial charge >= 0.3 is 6.36 Å². The summed E-state index contributed by atoms with van der Waals surface area (Å²) >= 11 is 1.85. The predicted octanol–water partition coefficient (Wildman–Crippen LogP) is 3.33. The molecular weight excluding hydrogens is 308 g/mol. The highest BCUT2D eigenvalue weighted by molar-refractivity contribution is 14.1. The van der Waals surface area contributed by atoms with Crippen molar-refractivity contribution < 1.29 is 17.9 Å². The Labute approximate surface area is 92.4 Å². The summed E-state index contributed by atoms with van der Waals surface area (Å²) in [5.74, 6) is 2.46. The Kier molecular flexibility index (Phi) is 3.63. The average Bonchev–Trinajstić information content (AvgIpc) is 2.06. The molecule has 5 heteroatoms. The van der Waals surface area contributed by atoms with Gasteiger partial charge < -0.3 is 4.74 Å². The molecule has 0 spiro atoms. The van der Waals surface area contributed by atoms with Crippen molar-refractivity contribution in [2.24, 2.45) is 0 Å². The van der Waals surface area contributed by atoms with Crippen LogP contribution in [0, 0.1) is 9.85 Å². The van der Waals surface area contributed by atoms with E-state index in [1.807, 2.05) is 22.6 Å². The molecule has 1 nitrogen and oxygen atoms in total. The highest BCUT2D eigenvalue weighted by Crippen LogP contribution is 2.22. The standard InChI is InChI=1S/C9H4F3IO/c10-9(11,12)14-8-3-1-7(2-4-8)5-6-13/h1-4H. The molecule has 1 aromatic carbocycles. The zero-order valence-corrected chi connectivity index (χ0v) is 8.89. The van der Waals surface area contributed by atoms with Gasteiger partial charge in [0.05, 0.1) is 0 Å². The molecule has 1 rings (SSSR count). The SMILES string of the molecule is FC(F)(F)Oc1ccc(C#CI)cc1. The van der Waals surface area contributed by atoms with Crippen LogP contribution in [-0.4, -0.2) is 6.36 Å². The van der Waals surface area contributed by atoms with E-state index in [0.29, 0.717) is 5.56 Å². The third kappa shape index (κ3) is 3.87. The van der Waals surface area contributed by atoms with Crippen LogP contribution in [0.5, 0.6) is 5.75 Å². The summed E-state index contributed by atoms with van der Waals surface area (Å²) in [7, 11) is 0. The van der Waals surface area contributed by atoms with Crippen molar-refractivity contribution in [3.63, 3.8) is 0 Å². The average molecular weight is 312 g/mol. The van der Waals surface area contributed by atoms with Crippen LogP contribution >= 0.6 is 22.6 Å². The summed E-state index contributed by atoms with van der Waals surface area (Å²) < 4.78 is 41.5. The first-order valence-corrected chi connectivity index (χ1v) is 4.56. The third-order valence-electron chi connectivity index (χ3n) is 1.28. The lowest BCUT2D eigenvalue weighted by molar-refractivity contribution is -0.274. The molecule has 0 atom stereocenters. The highest BCUT2D eigenvalue weighted by Gasteiger charge is 2.30. The van der Waals surface area contributed by atoms with E-state index in [-0.39, 0.29) is 5.75 Å². The van der Waals surface area contributed by atoms with Gasteiger partial charge in [0.15, 0.2) is 0 Å². The molecule has 0 N–H and O–H groups in total. The van der Waals surface area contributed by atoms with E-state index in [1.54, 1.807) is 0 Å². The molecule has 0 aromatic heterocycles. The van der Waals surface area contributed by atoms with E-state index >= 15 is 0 Å². The Morgan fingerprint density at radius 1 is 1.14 bits per heavy atom. The van der Waals surface area contributed by atoms with Gasteiger partial charge in [-0.15, -0.1) is 13.2 Å². The second-order valence-corrected chi connectivity index (χ2v) is 2.83. The van der Waals surface area contributed by atoms with Crippen molar-refractivity contribution in [1.29, 1.82) is 0 Å². The molecule has 0 saturated carbocycles. The number of halogens is 4. The van der Waals surface area contributed by atoms with Crippen molar-refractivity contribution in [3.05, 3.63) is 29.8 Å². The fourth-order valence-corrected chi connectivity index (χ4v) is 1.11. The molecule has 0 saturated heterocycles. The minimum Gasteiger partial charge on any atom is -0.406 e. The summed E-state index contributed by atoms with van der Waals surface area (Å²) in [5, 5.41) is 0. The van der Waals surface area contributed by atoms with Crippen molar-refractivity contribution in [3.8, 4) is 15.6 Å². The van der Waals surface area contributed by atoms with Crippen LogP contribution < -0.4 is 4.74 Å². The minimum absolute atomic E-state index is 0.239. The van der Waals surface area contributed by atoms with E-state index in [4.69, 9.17) is 0 Å². The van der Waals surface area contributed by atoms with Gasteiger partial charge in [0.1, 0.15) is 5.75 Å². The van der Waals surface area contributed by atoms with Gasteiger partial charge in [0, 0.05) is 28.2 Å². The lowest BCUT2D eigenvalue weighted by atomic mass is 10.2. The quantitative estimate of drug-likeness (QED) is 0.571. The normalized spacial score (nSPS) is 10.3. The Hall–Kier alpha value is -0.900. The van der Waals surface area contributed by atoms with Gasteiger partial charge in [-0.05, 0) is 28.2 Å². The molecule has 0 aliphatic rings. The maximum atomic E-state index is 11.7. The molecule has 0 heterocycles. The van der Waals surface area contributed by atoms with Gasteiger partial charge in [-0.3, -0.25) is 0 Å². The first-order valence-electron chi connectivity index (χ1n) is 3.49. The van der Waals surface area contributed by atoms with Gasteiger partial charge in [-0.2, -0.15) is 0 Å². The molecule has 0 aliphatic carbocycles. The Bertz CT molecular complexity index is 358. The molecule has 0 unspecified atom stereocenters. The number of rotatable bonds is 1. The fourth-order valence-electron chi connectivity index (χ4n) is 0.794. The van der Waals surface area contributed by atoms with E-state index in [1.165, 1.54) is 24.3 Å². The second kappa shape index (κ2) is 4.55. The minimum atomic E-state index is -4.64. The first-order chi connectivity index (χ1) is 6.51. The molecule has 0 amide bonds. The van der Waals surface area contributed by atoms with E-state index in [9.17, 15) is 13.2 Å². The van der Waals surface area contributed by atoms with Gasteiger partial charge in [0.25, 0.3) is 0 Å². The molecule has 1 aromatic rings. The Morgan fingerprint density at radius 2 is 1.71 bits per heavy atom. The van der Waals surface area contributed by atoms with Crippen molar-refractivity contribution in [2.75, 3.05) is 0 Å². The summed E-state index contributed by atoms with van der Waals surface area (Å²) in [6.45, 7) is 0. The number of benzene rings is 1. The summed E-state index contributed by atoms with van der Waals surface area (Å²) in [6, 6.07) is 5.38. The molecule has 0 radical (unpaired) electrons. The zero-order valence-electron chi connectivity index (χ0n) is 6.73. The van der Waals surface area contributed by atoms with Crippen molar-refractivity contribution >= 4 is 22.6 Å². The first kappa shape index (κ1) is 11.2.